The number of amides is 1. The summed E-state index contributed by atoms with van der Waals surface area (Å²) in [6.45, 7) is 3.48. The van der Waals surface area contributed by atoms with Gasteiger partial charge in [-0.1, -0.05) is 6.07 Å². The maximum absolute atomic E-state index is 11.9. The molecule has 0 aliphatic rings. The molecule has 0 fully saturated rings. The Balaban J connectivity index is 2.27. The lowest BCUT2D eigenvalue weighted by Crippen LogP contribution is -2.18. The standard InChI is InChI=1S/C13H13N3O3/c1-7-3-4-9(8(2)12(7)18)14-13(19)10-5-6-11(17)16-15-10/h3-6,18H,1-2H3,(H,14,19)(H,16,17). The fourth-order valence-electron chi connectivity index (χ4n) is 1.63. The molecule has 0 spiro atoms. The van der Waals surface area contributed by atoms with Crippen LogP contribution in [0.25, 0.3) is 0 Å². The zero-order valence-electron chi connectivity index (χ0n) is 10.5. The molecule has 0 aliphatic heterocycles. The van der Waals surface area contributed by atoms with Gasteiger partial charge in [-0.3, -0.25) is 9.59 Å². The van der Waals surface area contributed by atoms with Crippen molar-refractivity contribution in [1.29, 1.82) is 0 Å². The molecule has 6 nitrogen and oxygen atoms in total. The van der Waals surface area contributed by atoms with E-state index in [2.05, 4.69) is 15.5 Å². The molecule has 0 aliphatic carbocycles. The monoisotopic (exact) mass is 259 g/mol. The van der Waals surface area contributed by atoms with Crippen LogP contribution in [0.3, 0.4) is 0 Å². The minimum atomic E-state index is -0.456. The third-order valence-corrected chi connectivity index (χ3v) is 2.79. The quantitative estimate of drug-likeness (QED) is 0.758. The number of carbonyl (C=O) groups is 1. The lowest BCUT2D eigenvalue weighted by Gasteiger charge is -2.10. The topological polar surface area (TPSA) is 95.1 Å². The molecule has 1 amide bonds. The Labute approximate surface area is 109 Å². The number of H-pyrrole nitrogens is 1. The number of hydrogen-bond donors (Lipinski definition) is 3. The number of aromatic amines is 1. The fourth-order valence-corrected chi connectivity index (χ4v) is 1.63. The molecule has 0 saturated heterocycles. The van der Waals surface area contributed by atoms with E-state index in [-0.39, 0.29) is 17.0 Å². The first-order valence-corrected chi connectivity index (χ1v) is 5.65. The average molecular weight is 259 g/mol. The molecular formula is C13H13N3O3. The number of nitrogens with one attached hydrogen (secondary N) is 2. The van der Waals surface area contributed by atoms with E-state index in [1.54, 1.807) is 26.0 Å². The van der Waals surface area contributed by atoms with Crippen LogP contribution in [0.4, 0.5) is 5.69 Å². The number of rotatable bonds is 2. The maximum Gasteiger partial charge on any atom is 0.276 e. The highest BCUT2D eigenvalue weighted by Crippen LogP contribution is 2.28. The van der Waals surface area contributed by atoms with Crippen LogP contribution >= 0.6 is 0 Å². The summed E-state index contributed by atoms with van der Waals surface area (Å²) in [5, 5.41) is 18.2. The van der Waals surface area contributed by atoms with Crippen molar-refractivity contribution in [3.05, 3.63) is 51.4 Å². The van der Waals surface area contributed by atoms with E-state index in [1.165, 1.54) is 12.1 Å². The van der Waals surface area contributed by atoms with E-state index in [0.29, 0.717) is 11.3 Å². The Bertz CT molecular complexity index is 672. The number of aryl methyl sites for hydroxylation is 1. The fraction of sp³-hybridized carbons (Fsp3) is 0.154. The van der Waals surface area contributed by atoms with Gasteiger partial charge in [0.15, 0.2) is 0 Å². The van der Waals surface area contributed by atoms with Gasteiger partial charge in [-0.15, -0.1) is 0 Å². The summed E-state index contributed by atoms with van der Waals surface area (Å²) in [7, 11) is 0. The van der Waals surface area contributed by atoms with Crippen LogP contribution in [0.1, 0.15) is 21.6 Å². The van der Waals surface area contributed by atoms with Gasteiger partial charge < -0.3 is 10.4 Å². The normalized spacial score (nSPS) is 10.2. The molecule has 3 N–H and O–H groups in total. The van der Waals surface area contributed by atoms with Crippen molar-refractivity contribution >= 4 is 11.6 Å². The van der Waals surface area contributed by atoms with Crippen molar-refractivity contribution in [3.63, 3.8) is 0 Å². The van der Waals surface area contributed by atoms with Gasteiger partial charge in [0, 0.05) is 17.3 Å². The molecule has 1 aromatic heterocycles. The maximum atomic E-state index is 11.9. The Kier molecular flexibility index (Phi) is 3.33. The number of phenols is 1. The molecule has 1 aromatic carbocycles. The number of aromatic nitrogens is 2. The largest absolute Gasteiger partial charge is 0.507 e. The second-order valence-corrected chi connectivity index (χ2v) is 4.16. The van der Waals surface area contributed by atoms with Crippen molar-refractivity contribution in [2.24, 2.45) is 0 Å². The summed E-state index contributed by atoms with van der Waals surface area (Å²) in [5.74, 6) is -0.310. The molecule has 19 heavy (non-hydrogen) atoms. The van der Waals surface area contributed by atoms with E-state index < -0.39 is 5.91 Å². The smallest absolute Gasteiger partial charge is 0.276 e. The second kappa shape index (κ2) is 4.93. The van der Waals surface area contributed by atoms with Crippen molar-refractivity contribution in [2.45, 2.75) is 13.8 Å². The highest BCUT2D eigenvalue weighted by molar-refractivity contribution is 6.03. The van der Waals surface area contributed by atoms with Crippen molar-refractivity contribution in [3.8, 4) is 5.75 Å². The van der Waals surface area contributed by atoms with E-state index >= 15 is 0 Å². The minimum Gasteiger partial charge on any atom is -0.507 e. The minimum absolute atomic E-state index is 0.0964. The van der Waals surface area contributed by atoms with Crippen molar-refractivity contribution < 1.29 is 9.90 Å². The van der Waals surface area contributed by atoms with Crippen molar-refractivity contribution in [2.75, 3.05) is 5.32 Å². The van der Waals surface area contributed by atoms with Gasteiger partial charge in [0.2, 0.25) is 0 Å². The average Bonchev–Trinajstić information content (AvgIpc) is 2.40. The number of anilines is 1. The lowest BCUT2D eigenvalue weighted by atomic mass is 10.1. The third kappa shape index (κ3) is 2.62. The molecule has 2 rings (SSSR count). The second-order valence-electron chi connectivity index (χ2n) is 4.16. The molecule has 0 atom stereocenters. The summed E-state index contributed by atoms with van der Waals surface area (Å²) >= 11 is 0. The number of phenolic OH excluding ortho intramolecular Hbond substituents is 1. The zero-order chi connectivity index (χ0) is 14.0. The van der Waals surface area contributed by atoms with Crippen LogP contribution in [0.5, 0.6) is 5.75 Å². The number of aromatic hydroxyl groups is 1. The van der Waals surface area contributed by atoms with E-state index in [9.17, 15) is 14.7 Å². The van der Waals surface area contributed by atoms with Crippen LogP contribution in [-0.2, 0) is 0 Å². The highest BCUT2D eigenvalue weighted by atomic mass is 16.3. The molecule has 6 heteroatoms. The van der Waals surface area contributed by atoms with Gasteiger partial charge in [0.25, 0.3) is 11.5 Å². The van der Waals surface area contributed by atoms with E-state index in [0.717, 1.165) is 5.56 Å². The van der Waals surface area contributed by atoms with Crippen LogP contribution < -0.4 is 10.9 Å². The van der Waals surface area contributed by atoms with Gasteiger partial charge in [0.05, 0.1) is 0 Å². The SMILES string of the molecule is Cc1ccc(NC(=O)c2ccc(=O)[nH]n2)c(C)c1O. The lowest BCUT2D eigenvalue weighted by molar-refractivity contribution is 0.102. The molecule has 2 aromatic rings. The summed E-state index contributed by atoms with van der Waals surface area (Å²) in [6, 6.07) is 5.96. The van der Waals surface area contributed by atoms with Gasteiger partial charge >= 0.3 is 0 Å². The van der Waals surface area contributed by atoms with Crippen molar-refractivity contribution in [1.82, 2.24) is 10.2 Å². The van der Waals surface area contributed by atoms with Crippen LogP contribution in [0.15, 0.2) is 29.1 Å². The Morgan fingerprint density at radius 3 is 2.63 bits per heavy atom. The van der Waals surface area contributed by atoms with Gasteiger partial charge in [-0.25, -0.2) is 5.10 Å². The summed E-state index contributed by atoms with van der Waals surface area (Å²) < 4.78 is 0. The van der Waals surface area contributed by atoms with Gasteiger partial charge in [-0.2, -0.15) is 5.10 Å². The highest BCUT2D eigenvalue weighted by Gasteiger charge is 2.11. The first-order chi connectivity index (χ1) is 8.99. The molecule has 0 saturated carbocycles. The number of nitrogens with zero attached hydrogens (tertiary/aromatic N) is 1. The zero-order valence-corrected chi connectivity index (χ0v) is 10.5. The third-order valence-electron chi connectivity index (χ3n) is 2.79. The number of hydrogen-bond acceptors (Lipinski definition) is 4. The van der Waals surface area contributed by atoms with Crippen LogP contribution in [-0.4, -0.2) is 21.2 Å². The van der Waals surface area contributed by atoms with Crippen LogP contribution in [0, 0.1) is 13.8 Å². The van der Waals surface area contributed by atoms with Crippen LogP contribution in [0.2, 0.25) is 0 Å². The number of benzene rings is 1. The van der Waals surface area contributed by atoms with Gasteiger partial charge in [-0.05, 0) is 31.5 Å². The Morgan fingerprint density at radius 1 is 1.26 bits per heavy atom. The van der Waals surface area contributed by atoms with E-state index in [4.69, 9.17) is 0 Å². The number of carbonyl (C=O) groups excluding carboxylic acids is 1. The molecule has 0 unspecified atom stereocenters. The predicted molar refractivity (Wildman–Crippen MR) is 70.4 cm³/mol. The molecule has 98 valence electrons. The molecule has 1 heterocycles. The summed E-state index contributed by atoms with van der Waals surface area (Å²) in [5.41, 5.74) is 1.54. The Hall–Kier alpha value is -2.63. The van der Waals surface area contributed by atoms with Gasteiger partial charge in [0.1, 0.15) is 11.4 Å². The predicted octanol–water partition coefficient (Wildman–Crippen LogP) is 1.34. The first-order valence-electron chi connectivity index (χ1n) is 5.65. The summed E-state index contributed by atoms with van der Waals surface area (Å²) in [6.07, 6.45) is 0. The molecule has 0 bridgehead atoms. The van der Waals surface area contributed by atoms with E-state index in [1.807, 2.05) is 0 Å². The Morgan fingerprint density at radius 2 is 2.00 bits per heavy atom. The molecule has 0 radical (unpaired) electrons. The molecular weight excluding hydrogens is 246 g/mol. The summed E-state index contributed by atoms with van der Waals surface area (Å²) in [4.78, 5) is 22.8. The first kappa shape index (κ1) is 12.8.